The summed E-state index contributed by atoms with van der Waals surface area (Å²) in [5.41, 5.74) is 5.29. The van der Waals surface area contributed by atoms with Crippen LogP contribution in [0.3, 0.4) is 0 Å². The van der Waals surface area contributed by atoms with Crippen LogP contribution in [-0.4, -0.2) is 6.54 Å². The van der Waals surface area contributed by atoms with E-state index in [1.165, 1.54) is 22.3 Å². The van der Waals surface area contributed by atoms with Gasteiger partial charge in [-0.1, -0.05) is 78.3 Å². The molecule has 1 unspecified atom stereocenters. The first-order valence-electron chi connectivity index (χ1n) is 9.24. The van der Waals surface area contributed by atoms with E-state index in [9.17, 15) is 0 Å². The lowest BCUT2D eigenvalue weighted by Crippen LogP contribution is -2.22. The molecule has 26 heavy (non-hydrogen) atoms. The molecule has 0 bridgehead atoms. The van der Waals surface area contributed by atoms with Gasteiger partial charge in [-0.3, -0.25) is 0 Å². The molecule has 1 N–H and O–H groups in total. The number of benzene rings is 3. The zero-order valence-corrected chi connectivity index (χ0v) is 16.2. The molecule has 0 heterocycles. The number of hydrogen-bond donors (Lipinski definition) is 1. The zero-order chi connectivity index (χ0) is 18.4. The van der Waals surface area contributed by atoms with Gasteiger partial charge in [0.25, 0.3) is 0 Å². The van der Waals surface area contributed by atoms with Crippen molar-refractivity contribution in [3.63, 3.8) is 0 Å². The van der Waals surface area contributed by atoms with Crippen LogP contribution in [0.5, 0.6) is 0 Å². The molecule has 0 amide bonds. The van der Waals surface area contributed by atoms with Crippen molar-refractivity contribution in [2.75, 3.05) is 6.54 Å². The lowest BCUT2D eigenvalue weighted by Gasteiger charge is -2.21. The predicted molar refractivity (Wildman–Crippen MR) is 112 cm³/mol. The van der Waals surface area contributed by atoms with Crippen LogP contribution in [0.4, 0.5) is 0 Å². The minimum atomic E-state index is 0.305. The van der Waals surface area contributed by atoms with Crippen molar-refractivity contribution in [3.8, 4) is 0 Å². The zero-order valence-electron chi connectivity index (χ0n) is 15.5. The van der Waals surface area contributed by atoms with Gasteiger partial charge in [0.05, 0.1) is 0 Å². The monoisotopic (exact) mass is 363 g/mol. The maximum Gasteiger partial charge on any atom is 0.0408 e. The molecular weight excluding hydrogens is 338 g/mol. The normalized spacial score (nSPS) is 12.3. The van der Waals surface area contributed by atoms with Crippen LogP contribution in [-0.2, 0) is 0 Å². The van der Waals surface area contributed by atoms with E-state index in [0.717, 1.165) is 18.0 Å². The van der Waals surface area contributed by atoms with Crippen LogP contribution in [0.15, 0.2) is 78.9 Å². The Kier molecular flexibility index (Phi) is 6.49. The van der Waals surface area contributed by atoms with Crippen molar-refractivity contribution in [2.45, 2.75) is 32.2 Å². The molecular formula is C24H26ClN. The van der Waals surface area contributed by atoms with Crippen molar-refractivity contribution >= 4 is 11.6 Å². The highest BCUT2D eigenvalue weighted by Gasteiger charge is 2.15. The third-order valence-electron chi connectivity index (χ3n) is 4.99. The second-order valence-electron chi connectivity index (χ2n) is 6.84. The van der Waals surface area contributed by atoms with E-state index in [1.807, 2.05) is 12.1 Å². The largest absolute Gasteiger partial charge is 0.310 e. The van der Waals surface area contributed by atoms with Gasteiger partial charge >= 0.3 is 0 Å². The van der Waals surface area contributed by atoms with E-state index < -0.39 is 0 Å². The molecule has 1 atom stereocenters. The molecule has 3 rings (SSSR count). The summed E-state index contributed by atoms with van der Waals surface area (Å²) in [6, 6.07) is 28.0. The van der Waals surface area contributed by atoms with Crippen LogP contribution < -0.4 is 5.32 Å². The summed E-state index contributed by atoms with van der Waals surface area (Å²) in [7, 11) is 0. The van der Waals surface area contributed by atoms with Gasteiger partial charge in [-0.15, -0.1) is 0 Å². The summed E-state index contributed by atoms with van der Waals surface area (Å²) in [6.45, 7) is 5.30. The Morgan fingerprint density at radius 3 is 1.96 bits per heavy atom. The highest BCUT2D eigenvalue weighted by atomic mass is 35.5. The van der Waals surface area contributed by atoms with E-state index in [1.54, 1.807) is 0 Å². The van der Waals surface area contributed by atoms with E-state index in [4.69, 9.17) is 11.6 Å². The van der Waals surface area contributed by atoms with Gasteiger partial charge in [-0.05, 0) is 61.2 Å². The first kappa shape index (κ1) is 18.7. The second-order valence-corrected chi connectivity index (χ2v) is 7.28. The van der Waals surface area contributed by atoms with Crippen LogP contribution in [0.1, 0.15) is 47.6 Å². The molecule has 0 aromatic heterocycles. The topological polar surface area (TPSA) is 12.0 Å². The molecule has 0 saturated heterocycles. The average Bonchev–Trinajstić information content (AvgIpc) is 2.66. The van der Waals surface area contributed by atoms with Gasteiger partial charge in [0.1, 0.15) is 0 Å². The van der Waals surface area contributed by atoms with E-state index >= 15 is 0 Å². The predicted octanol–water partition coefficient (Wildman–Crippen LogP) is 6.52. The van der Waals surface area contributed by atoms with Crippen molar-refractivity contribution < 1.29 is 0 Å². The maximum absolute atomic E-state index is 6.08. The molecule has 0 saturated carbocycles. The minimum absolute atomic E-state index is 0.305. The Morgan fingerprint density at radius 2 is 1.42 bits per heavy atom. The van der Waals surface area contributed by atoms with Gasteiger partial charge in [-0.2, -0.15) is 0 Å². The second kappa shape index (κ2) is 9.02. The van der Waals surface area contributed by atoms with E-state index in [-0.39, 0.29) is 0 Å². The van der Waals surface area contributed by atoms with Gasteiger partial charge < -0.3 is 5.32 Å². The summed E-state index contributed by atoms with van der Waals surface area (Å²) in [4.78, 5) is 0. The van der Waals surface area contributed by atoms with Crippen LogP contribution >= 0.6 is 11.6 Å². The first-order valence-corrected chi connectivity index (χ1v) is 9.62. The Morgan fingerprint density at radius 1 is 0.846 bits per heavy atom. The fourth-order valence-corrected chi connectivity index (χ4v) is 3.80. The summed E-state index contributed by atoms with van der Waals surface area (Å²) >= 11 is 6.08. The van der Waals surface area contributed by atoms with Gasteiger partial charge in [0.15, 0.2) is 0 Å². The molecule has 2 heteroatoms. The number of aryl methyl sites for hydroxylation is 1. The van der Waals surface area contributed by atoms with Crippen molar-refractivity contribution in [3.05, 3.63) is 106 Å². The fraction of sp³-hybridized carbons (Fsp3) is 0.250. The van der Waals surface area contributed by atoms with Crippen LogP contribution in [0, 0.1) is 6.92 Å². The van der Waals surface area contributed by atoms with Crippen molar-refractivity contribution in [1.82, 2.24) is 5.32 Å². The quantitative estimate of drug-likeness (QED) is 0.503. The van der Waals surface area contributed by atoms with Crippen LogP contribution in [0.25, 0.3) is 0 Å². The van der Waals surface area contributed by atoms with Gasteiger partial charge in [-0.25, -0.2) is 0 Å². The highest BCUT2D eigenvalue weighted by Crippen LogP contribution is 2.28. The molecule has 0 radical (unpaired) electrons. The van der Waals surface area contributed by atoms with Crippen LogP contribution in [0.2, 0.25) is 5.02 Å². The highest BCUT2D eigenvalue weighted by molar-refractivity contribution is 6.30. The van der Waals surface area contributed by atoms with Crippen molar-refractivity contribution in [2.24, 2.45) is 0 Å². The average molecular weight is 364 g/mol. The maximum atomic E-state index is 6.08. The number of rotatable bonds is 7. The smallest absolute Gasteiger partial charge is 0.0408 e. The summed E-state index contributed by atoms with van der Waals surface area (Å²) in [6.07, 6.45) is 1.06. The third kappa shape index (κ3) is 4.75. The van der Waals surface area contributed by atoms with Gasteiger partial charge in [0, 0.05) is 17.0 Å². The van der Waals surface area contributed by atoms with Crippen molar-refractivity contribution in [1.29, 1.82) is 0 Å². The fourth-order valence-electron chi connectivity index (χ4n) is 3.58. The Hall–Kier alpha value is -2.09. The molecule has 0 spiro atoms. The lowest BCUT2D eigenvalue weighted by atomic mass is 9.88. The number of halogens is 1. The molecule has 3 aromatic rings. The summed E-state index contributed by atoms with van der Waals surface area (Å²) < 4.78 is 0. The lowest BCUT2D eigenvalue weighted by molar-refractivity contribution is 0.538. The standard InChI is InChI=1S/C24H26ClN/c1-18-17-22(25)13-14-23(18)19(2)26-16-15-24(20-9-5-3-6-10-20)21-11-7-4-8-12-21/h3-14,17,19,24,26H,15-16H2,1-2H3. The third-order valence-corrected chi connectivity index (χ3v) is 5.22. The molecule has 0 fully saturated rings. The number of nitrogens with one attached hydrogen (secondary N) is 1. The van der Waals surface area contributed by atoms with Gasteiger partial charge in [0.2, 0.25) is 0 Å². The molecule has 0 aliphatic heterocycles. The first-order chi connectivity index (χ1) is 12.6. The summed E-state index contributed by atoms with van der Waals surface area (Å²) in [5.74, 6) is 0.406. The molecule has 1 nitrogen and oxygen atoms in total. The molecule has 0 aliphatic rings. The Labute approximate surface area is 162 Å². The number of hydrogen-bond acceptors (Lipinski definition) is 1. The minimum Gasteiger partial charge on any atom is -0.310 e. The van der Waals surface area contributed by atoms with E-state index in [2.05, 4.69) is 85.9 Å². The summed E-state index contributed by atoms with van der Waals surface area (Å²) in [5, 5.41) is 4.48. The molecule has 134 valence electrons. The SMILES string of the molecule is Cc1cc(Cl)ccc1C(C)NCCC(c1ccccc1)c1ccccc1. The van der Waals surface area contributed by atoms with E-state index in [0.29, 0.717) is 12.0 Å². The molecule has 3 aromatic carbocycles. The Bertz CT molecular complexity index is 775. The molecule has 0 aliphatic carbocycles. The Balaban J connectivity index is 1.68.